The maximum atomic E-state index is 14.5. The van der Waals surface area contributed by atoms with Crippen molar-refractivity contribution in [3.05, 3.63) is 95.1 Å². The Morgan fingerprint density at radius 2 is 1.02 bits per heavy atom. The lowest BCUT2D eigenvalue weighted by molar-refractivity contribution is -0.277. The molecule has 4 N–H and O–H groups in total. The predicted octanol–water partition coefficient (Wildman–Crippen LogP) is 7.62. The topological polar surface area (TPSA) is 174 Å². The van der Waals surface area contributed by atoms with Gasteiger partial charge in [-0.1, -0.05) is 89.5 Å². The molecule has 0 saturated carbocycles. The summed E-state index contributed by atoms with van der Waals surface area (Å²) >= 11 is 0. The second kappa shape index (κ2) is 16.4. The van der Waals surface area contributed by atoms with Gasteiger partial charge in [-0.15, -0.1) is 0 Å². The van der Waals surface area contributed by atoms with Crippen LogP contribution in [-0.4, -0.2) is 92.3 Å². The van der Waals surface area contributed by atoms with E-state index >= 15 is 0 Å². The largest absolute Gasteiger partial charge is 0.462 e. The second-order valence-corrected chi connectivity index (χ2v) is 16.7. The molecule has 0 unspecified atom stereocenters. The number of hydrogen-bond donors (Lipinski definition) is 4. The molecule has 6 aromatic carbocycles. The Hall–Kier alpha value is -5.50. The van der Waals surface area contributed by atoms with Crippen LogP contribution in [0.15, 0.2) is 72.8 Å². The lowest BCUT2D eigenvalue weighted by Gasteiger charge is -2.39. The number of anilines is 1. The van der Waals surface area contributed by atoms with Crippen molar-refractivity contribution in [3.63, 3.8) is 0 Å². The molecule has 12 heteroatoms. The van der Waals surface area contributed by atoms with Crippen LogP contribution in [0.4, 0.5) is 5.69 Å². The first kappa shape index (κ1) is 40.9. The normalized spacial score (nSPS) is 21.7. The third kappa shape index (κ3) is 6.63. The van der Waals surface area contributed by atoms with Gasteiger partial charge >= 0.3 is 0 Å². The zero-order chi connectivity index (χ0) is 42.7. The molecule has 1 fully saturated rings. The number of ether oxygens (including phenoxy) is 2. The third-order valence-corrected chi connectivity index (χ3v) is 13.0. The standard InChI is InChI=1S/C49H50N2O10/c1-3-5-7-9-11-26(12-10-8-6-4-2)50-45(56)33-21-17-29-31-19-23-35-41-36(24-20-32(39(31)41)30-18-22-34(46(50)57)40(33)38(29)30)48(59)51(47(35)58)27-13-15-28(16-14-27)60-49-44(55)43(54)42(53)37(25-52)61-49/h13-24,26,37,42-44,49,52-55H,3-12,25H2,1-2H3/t37-,42-,43+,44-,49+/m1/s1. The number of carbonyl (C=O) groups excluding carboxylic acids is 4. The Labute approximate surface area is 352 Å². The highest BCUT2D eigenvalue weighted by Gasteiger charge is 2.45. The van der Waals surface area contributed by atoms with E-state index in [1.165, 1.54) is 24.3 Å². The second-order valence-electron chi connectivity index (χ2n) is 16.7. The molecule has 3 heterocycles. The van der Waals surface area contributed by atoms with Crippen LogP contribution in [0.2, 0.25) is 0 Å². The van der Waals surface area contributed by atoms with E-state index in [0.717, 1.165) is 101 Å². The van der Waals surface area contributed by atoms with Gasteiger partial charge in [0.05, 0.1) is 12.3 Å². The van der Waals surface area contributed by atoms with E-state index in [-0.39, 0.29) is 29.3 Å². The number of rotatable bonds is 15. The summed E-state index contributed by atoms with van der Waals surface area (Å²) in [7, 11) is 0. The summed E-state index contributed by atoms with van der Waals surface area (Å²) in [4.78, 5) is 60.3. The van der Waals surface area contributed by atoms with Gasteiger partial charge < -0.3 is 29.9 Å². The van der Waals surface area contributed by atoms with E-state index in [1.807, 2.05) is 36.4 Å². The van der Waals surface area contributed by atoms with Gasteiger partial charge in [0, 0.05) is 39.1 Å². The molecule has 3 aliphatic heterocycles. The summed E-state index contributed by atoms with van der Waals surface area (Å²) in [6, 6.07) is 20.6. The molecule has 9 rings (SSSR count). The number of imide groups is 2. The molecule has 0 bridgehead atoms. The minimum Gasteiger partial charge on any atom is -0.462 e. The number of benzene rings is 6. The molecule has 3 aliphatic rings. The molecule has 61 heavy (non-hydrogen) atoms. The molecule has 316 valence electrons. The predicted molar refractivity (Wildman–Crippen MR) is 231 cm³/mol. The van der Waals surface area contributed by atoms with Crippen molar-refractivity contribution in [2.24, 2.45) is 0 Å². The number of aliphatic hydroxyl groups excluding tert-OH is 4. The summed E-state index contributed by atoms with van der Waals surface area (Å²) in [5.74, 6) is -1.36. The van der Waals surface area contributed by atoms with E-state index in [0.29, 0.717) is 33.0 Å². The number of carbonyl (C=O) groups is 4. The van der Waals surface area contributed by atoms with E-state index in [2.05, 4.69) is 13.8 Å². The van der Waals surface area contributed by atoms with Crippen LogP contribution in [0.3, 0.4) is 0 Å². The summed E-state index contributed by atoms with van der Waals surface area (Å²) in [6.07, 6.45) is 2.81. The summed E-state index contributed by atoms with van der Waals surface area (Å²) in [6.45, 7) is 3.74. The first-order chi connectivity index (χ1) is 29.6. The number of unbranched alkanes of at least 4 members (excludes halogenated alkanes) is 6. The Balaban J connectivity index is 1.06. The average molecular weight is 827 g/mol. The SMILES string of the molecule is CCCCCCC(CCCCCC)N1C(=O)c2ccc3c4ccc5c6c(ccc(c7ccc(c2c37)C1=O)c64)C(=O)N(c1ccc(O[C@H]2O[C@H](CO)[C@@H](O)[C@H](O)[C@H]2O)cc1)C5=O. The van der Waals surface area contributed by atoms with Gasteiger partial charge in [0.2, 0.25) is 6.29 Å². The van der Waals surface area contributed by atoms with Crippen molar-refractivity contribution >= 4 is 72.4 Å². The summed E-state index contributed by atoms with van der Waals surface area (Å²) < 4.78 is 11.2. The summed E-state index contributed by atoms with van der Waals surface area (Å²) in [5.41, 5.74) is 1.99. The number of hydrogen-bond acceptors (Lipinski definition) is 10. The van der Waals surface area contributed by atoms with Gasteiger partial charge in [0.25, 0.3) is 23.6 Å². The maximum absolute atomic E-state index is 14.5. The fourth-order valence-electron chi connectivity index (χ4n) is 9.84. The molecule has 0 radical (unpaired) electrons. The molecule has 6 aromatic rings. The minimum absolute atomic E-state index is 0.168. The zero-order valence-electron chi connectivity index (χ0n) is 34.3. The van der Waals surface area contributed by atoms with Crippen LogP contribution in [0.25, 0.3) is 43.1 Å². The summed E-state index contributed by atoms with van der Waals surface area (Å²) in [5, 5.41) is 46.3. The number of fused-ring (bicyclic) bond motifs is 2. The number of amides is 4. The van der Waals surface area contributed by atoms with Crippen molar-refractivity contribution in [3.8, 4) is 5.75 Å². The molecule has 1 saturated heterocycles. The molecule has 0 aromatic heterocycles. The van der Waals surface area contributed by atoms with Crippen molar-refractivity contribution < 1.29 is 49.1 Å². The van der Waals surface area contributed by atoms with Gasteiger partial charge in [0.15, 0.2) is 0 Å². The average Bonchev–Trinajstić information content (AvgIpc) is 3.27. The highest BCUT2D eigenvalue weighted by molar-refractivity contribution is 6.43. The third-order valence-electron chi connectivity index (χ3n) is 13.0. The van der Waals surface area contributed by atoms with E-state index < -0.39 is 49.1 Å². The molecule has 0 aliphatic carbocycles. The molecule has 5 atom stereocenters. The monoisotopic (exact) mass is 826 g/mol. The maximum Gasteiger partial charge on any atom is 0.265 e. The van der Waals surface area contributed by atoms with Crippen LogP contribution in [-0.2, 0) is 4.74 Å². The smallest absolute Gasteiger partial charge is 0.265 e. The molecule has 12 nitrogen and oxygen atoms in total. The number of nitrogens with zero attached hydrogens (tertiary/aromatic N) is 2. The van der Waals surface area contributed by atoms with Gasteiger partial charge in [-0.05, 0) is 93.7 Å². The first-order valence-corrected chi connectivity index (χ1v) is 21.6. The van der Waals surface area contributed by atoms with Gasteiger partial charge in [-0.2, -0.15) is 0 Å². The van der Waals surface area contributed by atoms with Crippen LogP contribution in [0.5, 0.6) is 5.75 Å². The van der Waals surface area contributed by atoms with Crippen molar-refractivity contribution in [1.82, 2.24) is 4.90 Å². The molecule has 0 spiro atoms. The highest BCUT2D eigenvalue weighted by Crippen LogP contribution is 2.47. The Morgan fingerprint density at radius 3 is 1.46 bits per heavy atom. The molecule has 4 amide bonds. The van der Waals surface area contributed by atoms with Gasteiger partial charge in [-0.3, -0.25) is 24.1 Å². The Bertz CT molecular complexity index is 2560. The minimum atomic E-state index is -1.61. The Kier molecular flexibility index (Phi) is 11.0. The van der Waals surface area contributed by atoms with Crippen LogP contribution < -0.4 is 9.64 Å². The van der Waals surface area contributed by atoms with Gasteiger partial charge in [0.1, 0.15) is 30.2 Å². The Morgan fingerprint density at radius 1 is 0.557 bits per heavy atom. The van der Waals surface area contributed by atoms with Crippen LogP contribution in [0, 0.1) is 0 Å². The van der Waals surface area contributed by atoms with Crippen LogP contribution >= 0.6 is 0 Å². The number of aliphatic hydroxyl groups is 4. The highest BCUT2D eigenvalue weighted by atomic mass is 16.7. The van der Waals surface area contributed by atoms with Crippen molar-refractivity contribution in [2.45, 2.75) is 115 Å². The molecular formula is C49H50N2O10. The van der Waals surface area contributed by atoms with E-state index in [1.54, 1.807) is 17.0 Å². The van der Waals surface area contributed by atoms with Gasteiger partial charge in [-0.25, -0.2) is 4.90 Å². The van der Waals surface area contributed by atoms with Crippen molar-refractivity contribution in [2.75, 3.05) is 11.5 Å². The fourth-order valence-corrected chi connectivity index (χ4v) is 9.84. The van der Waals surface area contributed by atoms with E-state index in [9.17, 15) is 39.6 Å². The lowest BCUT2D eigenvalue weighted by atomic mass is 9.82. The first-order valence-electron chi connectivity index (χ1n) is 21.6. The van der Waals surface area contributed by atoms with Crippen molar-refractivity contribution in [1.29, 1.82) is 0 Å². The molecular weight excluding hydrogens is 777 g/mol. The van der Waals surface area contributed by atoms with Crippen LogP contribution in [0.1, 0.15) is 119 Å². The zero-order valence-corrected chi connectivity index (χ0v) is 34.3. The fraction of sp³-hybridized carbons (Fsp3) is 0.388. The van der Waals surface area contributed by atoms with E-state index in [4.69, 9.17) is 9.47 Å². The lowest BCUT2D eigenvalue weighted by Crippen LogP contribution is -2.60. The quantitative estimate of drug-likeness (QED) is 0.0349.